The highest BCUT2D eigenvalue weighted by atomic mass is 16.5. The Balaban J connectivity index is 4.53. The number of carbonyl (C=O) groups is 1. The third-order valence-electron chi connectivity index (χ3n) is 1.43. The van der Waals surface area contributed by atoms with Crippen LogP contribution in [-0.4, -0.2) is 34.9 Å². The van der Waals surface area contributed by atoms with E-state index in [2.05, 4.69) is 4.99 Å². The van der Waals surface area contributed by atoms with Gasteiger partial charge in [0.2, 0.25) is 6.08 Å². The lowest BCUT2D eigenvalue weighted by Gasteiger charge is -2.26. The van der Waals surface area contributed by atoms with Gasteiger partial charge in [0, 0.05) is 0 Å². The van der Waals surface area contributed by atoms with E-state index in [0.717, 1.165) is 0 Å². The fourth-order valence-corrected chi connectivity index (χ4v) is 1.04. The number of rotatable bonds is 4. The van der Waals surface area contributed by atoms with Crippen LogP contribution in [0, 0.1) is 0 Å². The molecule has 5 nitrogen and oxygen atoms in total. The zero-order valence-corrected chi connectivity index (χ0v) is 8.77. The number of aliphatic carboxylic acids is 1. The van der Waals surface area contributed by atoms with Gasteiger partial charge in [0.1, 0.15) is 0 Å². The van der Waals surface area contributed by atoms with Gasteiger partial charge in [-0.15, -0.1) is 0 Å². The summed E-state index contributed by atoms with van der Waals surface area (Å²) in [6, 6.07) is -1.19. The number of nitrogens with zero attached hydrogens (tertiary/aromatic N) is 1. The van der Waals surface area contributed by atoms with E-state index in [0.29, 0.717) is 0 Å². The Hall–Kier alpha value is -1.19. The van der Waals surface area contributed by atoms with Crippen LogP contribution in [0.2, 0.25) is 0 Å². The van der Waals surface area contributed by atoms with Gasteiger partial charge in [-0.2, -0.15) is 4.99 Å². The minimum Gasteiger partial charge on any atom is -0.480 e. The molecule has 2 atom stereocenters. The van der Waals surface area contributed by atoms with Crippen LogP contribution in [0.1, 0.15) is 27.7 Å². The van der Waals surface area contributed by atoms with Crippen molar-refractivity contribution in [3.05, 3.63) is 0 Å². The van der Waals surface area contributed by atoms with Crippen molar-refractivity contribution in [2.45, 2.75) is 45.4 Å². The van der Waals surface area contributed by atoms with Crippen molar-refractivity contribution < 1.29 is 19.4 Å². The fourth-order valence-electron chi connectivity index (χ4n) is 1.04. The number of aliphatic imine (C=N–C) groups is 1. The van der Waals surface area contributed by atoms with Crippen LogP contribution in [0.4, 0.5) is 0 Å². The van der Waals surface area contributed by atoms with Crippen LogP contribution in [0.3, 0.4) is 0 Å². The van der Waals surface area contributed by atoms with E-state index >= 15 is 0 Å². The molecule has 0 rings (SSSR count). The molecule has 0 aromatic rings. The molecule has 0 aliphatic heterocycles. The average Bonchev–Trinajstić information content (AvgIpc) is 1.95. The number of carbonyl (C=O) groups excluding carboxylic acids is 1. The predicted octanol–water partition coefficient (Wildman–Crippen LogP) is 0.979. The molecule has 0 amide bonds. The lowest BCUT2D eigenvalue weighted by molar-refractivity contribution is -0.145. The second kappa shape index (κ2) is 4.88. The number of hydrogen-bond acceptors (Lipinski definition) is 4. The number of carboxylic acid groups (broad SMARTS) is 1. The second-order valence-electron chi connectivity index (χ2n) is 3.94. The maximum absolute atomic E-state index is 10.7. The summed E-state index contributed by atoms with van der Waals surface area (Å²) in [5.74, 6) is -1.19. The minimum atomic E-state index is -1.19. The van der Waals surface area contributed by atoms with Crippen LogP contribution in [-0.2, 0) is 14.3 Å². The predicted molar refractivity (Wildman–Crippen MR) is 49.8 cm³/mol. The number of hydrogen-bond donors (Lipinski definition) is 1. The van der Waals surface area contributed by atoms with E-state index in [9.17, 15) is 9.59 Å². The van der Waals surface area contributed by atoms with Crippen molar-refractivity contribution in [1.82, 2.24) is 0 Å². The molecule has 0 bridgehead atoms. The topological polar surface area (TPSA) is 76.0 Å². The van der Waals surface area contributed by atoms with Gasteiger partial charge in [-0.1, -0.05) is 0 Å². The maximum atomic E-state index is 10.7. The largest absolute Gasteiger partial charge is 0.480 e. The molecule has 0 saturated carbocycles. The van der Waals surface area contributed by atoms with E-state index in [1.54, 1.807) is 27.7 Å². The van der Waals surface area contributed by atoms with E-state index < -0.39 is 23.7 Å². The first-order chi connectivity index (χ1) is 6.28. The Morgan fingerprint density at radius 1 is 1.50 bits per heavy atom. The Morgan fingerprint density at radius 3 is 2.29 bits per heavy atom. The third kappa shape index (κ3) is 4.74. The van der Waals surface area contributed by atoms with Crippen molar-refractivity contribution in [1.29, 1.82) is 0 Å². The second-order valence-corrected chi connectivity index (χ2v) is 3.94. The minimum absolute atomic E-state index is 0.467. The summed E-state index contributed by atoms with van der Waals surface area (Å²) in [5, 5.41) is 8.72. The number of isocyanates is 1. The summed E-state index contributed by atoms with van der Waals surface area (Å²) in [6.45, 7) is 6.96. The molecule has 80 valence electrons. The standard InChI is InChI=1S/C9H15NO4/c1-6(14-9(2,3)4)7(8(12)13)10-5-11/h6-7H,1-4H3,(H,12,13)/t6-,7+/m1/s1. The molecular formula is C9H15NO4. The highest BCUT2D eigenvalue weighted by Gasteiger charge is 2.28. The molecule has 0 aliphatic carbocycles. The highest BCUT2D eigenvalue weighted by Crippen LogP contribution is 2.14. The Morgan fingerprint density at radius 2 is 2.00 bits per heavy atom. The summed E-state index contributed by atoms with van der Waals surface area (Å²) >= 11 is 0. The summed E-state index contributed by atoms with van der Waals surface area (Å²) in [5.41, 5.74) is -0.467. The first-order valence-electron chi connectivity index (χ1n) is 4.25. The van der Waals surface area contributed by atoms with Crippen LogP contribution < -0.4 is 0 Å². The van der Waals surface area contributed by atoms with Gasteiger partial charge >= 0.3 is 5.97 Å². The van der Waals surface area contributed by atoms with E-state index in [-0.39, 0.29) is 0 Å². The molecule has 0 aromatic heterocycles. The molecule has 0 fully saturated rings. The van der Waals surface area contributed by atoms with Gasteiger partial charge < -0.3 is 9.84 Å². The highest BCUT2D eigenvalue weighted by molar-refractivity contribution is 5.75. The SMILES string of the molecule is C[C@@H](OC(C)(C)C)[C@H](N=C=O)C(=O)O. The summed E-state index contributed by atoms with van der Waals surface area (Å²) in [6.07, 6.45) is 0.572. The van der Waals surface area contributed by atoms with E-state index in [4.69, 9.17) is 9.84 Å². The maximum Gasteiger partial charge on any atom is 0.332 e. The lowest BCUT2D eigenvalue weighted by Crippen LogP contribution is -2.37. The van der Waals surface area contributed by atoms with Crippen LogP contribution in [0.25, 0.3) is 0 Å². The Bertz CT molecular complexity index is 248. The first-order valence-corrected chi connectivity index (χ1v) is 4.25. The zero-order chi connectivity index (χ0) is 11.4. The van der Waals surface area contributed by atoms with Crippen LogP contribution in [0.15, 0.2) is 4.99 Å². The molecule has 5 heteroatoms. The van der Waals surface area contributed by atoms with Gasteiger partial charge in [0.25, 0.3) is 0 Å². The monoisotopic (exact) mass is 201 g/mol. The molecule has 14 heavy (non-hydrogen) atoms. The fraction of sp³-hybridized carbons (Fsp3) is 0.778. The Kier molecular flexibility index (Phi) is 4.47. The van der Waals surface area contributed by atoms with Gasteiger partial charge in [-0.25, -0.2) is 9.59 Å². The first kappa shape index (κ1) is 12.8. The van der Waals surface area contributed by atoms with Crippen molar-refractivity contribution in [3.8, 4) is 0 Å². The summed E-state index contributed by atoms with van der Waals surface area (Å²) in [7, 11) is 0. The smallest absolute Gasteiger partial charge is 0.332 e. The van der Waals surface area contributed by atoms with Gasteiger partial charge in [-0.05, 0) is 27.7 Å². The molecule has 0 aliphatic rings. The van der Waals surface area contributed by atoms with Crippen molar-refractivity contribution >= 4 is 12.0 Å². The van der Waals surface area contributed by atoms with Gasteiger partial charge in [0.15, 0.2) is 6.04 Å². The number of ether oxygens (including phenoxy) is 1. The quantitative estimate of drug-likeness (QED) is 0.543. The van der Waals surface area contributed by atoms with Crippen molar-refractivity contribution in [3.63, 3.8) is 0 Å². The molecule has 0 heterocycles. The zero-order valence-electron chi connectivity index (χ0n) is 8.77. The van der Waals surface area contributed by atoms with E-state index in [1.807, 2.05) is 0 Å². The lowest BCUT2D eigenvalue weighted by atomic mass is 10.1. The molecule has 0 aromatic carbocycles. The van der Waals surface area contributed by atoms with Gasteiger partial charge in [-0.3, -0.25) is 0 Å². The molecule has 0 radical (unpaired) electrons. The van der Waals surface area contributed by atoms with Crippen molar-refractivity contribution in [2.24, 2.45) is 4.99 Å². The van der Waals surface area contributed by atoms with Gasteiger partial charge in [0.05, 0.1) is 11.7 Å². The molecular weight excluding hydrogens is 186 g/mol. The Labute approximate surface area is 82.8 Å². The number of carboxylic acids is 1. The van der Waals surface area contributed by atoms with E-state index in [1.165, 1.54) is 6.08 Å². The van der Waals surface area contributed by atoms with Crippen molar-refractivity contribution in [2.75, 3.05) is 0 Å². The van der Waals surface area contributed by atoms with Crippen LogP contribution in [0.5, 0.6) is 0 Å². The normalized spacial score (nSPS) is 15.4. The average molecular weight is 201 g/mol. The third-order valence-corrected chi connectivity index (χ3v) is 1.43. The molecule has 0 spiro atoms. The summed E-state index contributed by atoms with van der Waals surface area (Å²) in [4.78, 5) is 23.8. The molecule has 0 unspecified atom stereocenters. The molecule has 0 saturated heterocycles. The van der Waals surface area contributed by atoms with Crippen LogP contribution >= 0.6 is 0 Å². The molecule has 1 N–H and O–H groups in total. The summed E-state index contributed by atoms with van der Waals surface area (Å²) < 4.78 is 5.36.